The van der Waals surface area contributed by atoms with Crippen molar-refractivity contribution in [1.82, 2.24) is 9.97 Å². The summed E-state index contributed by atoms with van der Waals surface area (Å²) in [5, 5.41) is 0. The molecule has 2 heterocycles. The van der Waals surface area contributed by atoms with Gasteiger partial charge in [0.15, 0.2) is 0 Å². The maximum atomic E-state index is 11.6. The SMILES string of the molecule is CCOC1(c2ncc(Br)c(=O)[nH]2)CCOCC1. The molecule has 0 unspecified atom stereocenters. The number of H-pyrrole nitrogens is 1. The predicted octanol–water partition coefficient (Wildman–Crippen LogP) is 1.57. The minimum absolute atomic E-state index is 0.180. The van der Waals surface area contributed by atoms with Gasteiger partial charge in [-0.3, -0.25) is 4.79 Å². The first kappa shape index (κ1) is 12.7. The van der Waals surface area contributed by atoms with Crippen LogP contribution in [-0.2, 0) is 15.1 Å². The molecule has 1 aromatic heterocycles. The quantitative estimate of drug-likeness (QED) is 0.920. The van der Waals surface area contributed by atoms with E-state index in [1.54, 1.807) is 0 Å². The van der Waals surface area contributed by atoms with Gasteiger partial charge in [0.25, 0.3) is 5.56 Å². The number of halogens is 1. The predicted molar refractivity (Wildman–Crippen MR) is 65.9 cm³/mol. The van der Waals surface area contributed by atoms with Crippen LogP contribution in [-0.4, -0.2) is 29.8 Å². The van der Waals surface area contributed by atoms with Crippen LogP contribution >= 0.6 is 15.9 Å². The van der Waals surface area contributed by atoms with Crippen molar-refractivity contribution >= 4 is 15.9 Å². The van der Waals surface area contributed by atoms with Crippen LogP contribution in [0.5, 0.6) is 0 Å². The minimum Gasteiger partial charge on any atom is -0.381 e. The maximum Gasteiger partial charge on any atom is 0.265 e. The second-order valence-corrected chi connectivity index (χ2v) is 4.80. The van der Waals surface area contributed by atoms with E-state index in [1.807, 2.05) is 6.92 Å². The van der Waals surface area contributed by atoms with Gasteiger partial charge >= 0.3 is 0 Å². The molecule has 0 spiro atoms. The van der Waals surface area contributed by atoms with Crippen molar-refractivity contribution in [1.29, 1.82) is 0 Å². The average Bonchev–Trinajstić information content (AvgIpc) is 2.34. The molecular weight excluding hydrogens is 288 g/mol. The zero-order valence-electron chi connectivity index (χ0n) is 9.66. The Bertz CT molecular complexity index is 435. The number of ether oxygens (including phenoxy) is 2. The summed E-state index contributed by atoms with van der Waals surface area (Å²) in [4.78, 5) is 18.6. The average molecular weight is 303 g/mol. The Morgan fingerprint density at radius 3 is 2.88 bits per heavy atom. The van der Waals surface area contributed by atoms with Crippen molar-refractivity contribution in [2.24, 2.45) is 0 Å². The third-order valence-corrected chi connectivity index (χ3v) is 3.47. The standard InChI is InChI=1S/C11H15BrN2O3/c1-2-17-11(3-5-16-6-4-11)10-13-7-8(12)9(15)14-10/h7H,2-6H2,1H3,(H,13,14,15). The van der Waals surface area contributed by atoms with Gasteiger partial charge in [-0.1, -0.05) is 0 Å². The molecule has 0 atom stereocenters. The van der Waals surface area contributed by atoms with Crippen molar-refractivity contribution in [2.75, 3.05) is 19.8 Å². The highest BCUT2D eigenvalue weighted by atomic mass is 79.9. The van der Waals surface area contributed by atoms with Crippen LogP contribution in [0.3, 0.4) is 0 Å². The number of rotatable bonds is 3. The number of nitrogens with one attached hydrogen (secondary N) is 1. The van der Waals surface area contributed by atoms with Gasteiger partial charge in [0.05, 0.1) is 0 Å². The number of aromatic amines is 1. The highest BCUT2D eigenvalue weighted by molar-refractivity contribution is 9.10. The maximum absolute atomic E-state index is 11.6. The Morgan fingerprint density at radius 2 is 2.29 bits per heavy atom. The lowest BCUT2D eigenvalue weighted by molar-refractivity contribution is -0.118. The lowest BCUT2D eigenvalue weighted by Gasteiger charge is -2.35. The smallest absolute Gasteiger partial charge is 0.265 e. The zero-order chi connectivity index (χ0) is 12.3. The van der Waals surface area contributed by atoms with Gasteiger partial charge < -0.3 is 14.5 Å². The van der Waals surface area contributed by atoms with E-state index in [2.05, 4.69) is 25.9 Å². The van der Waals surface area contributed by atoms with Gasteiger partial charge in [-0.05, 0) is 22.9 Å². The fourth-order valence-electron chi connectivity index (χ4n) is 2.04. The summed E-state index contributed by atoms with van der Waals surface area (Å²) in [6, 6.07) is 0. The monoisotopic (exact) mass is 302 g/mol. The summed E-state index contributed by atoms with van der Waals surface area (Å²) in [6.45, 7) is 3.77. The summed E-state index contributed by atoms with van der Waals surface area (Å²) in [7, 11) is 0. The second kappa shape index (κ2) is 5.29. The molecule has 5 nitrogen and oxygen atoms in total. The highest BCUT2D eigenvalue weighted by Crippen LogP contribution is 2.33. The molecule has 0 aromatic carbocycles. The summed E-state index contributed by atoms with van der Waals surface area (Å²) in [5.41, 5.74) is -0.687. The molecule has 0 amide bonds. The molecule has 1 N–H and O–H groups in total. The van der Waals surface area contributed by atoms with E-state index >= 15 is 0 Å². The molecule has 0 radical (unpaired) electrons. The molecule has 94 valence electrons. The molecule has 1 aliphatic heterocycles. The molecule has 1 saturated heterocycles. The van der Waals surface area contributed by atoms with E-state index in [4.69, 9.17) is 9.47 Å². The lowest BCUT2D eigenvalue weighted by atomic mass is 9.93. The molecule has 17 heavy (non-hydrogen) atoms. The molecule has 0 bridgehead atoms. The van der Waals surface area contributed by atoms with Gasteiger partial charge in [0, 0.05) is 38.9 Å². The largest absolute Gasteiger partial charge is 0.381 e. The second-order valence-electron chi connectivity index (χ2n) is 3.95. The normalized spacial score (nSPS) is 19.2. The fourth-order valence-corrected chi connectivity index (χ4v) is 2.24. The first-order chi connectivity index (χ1) is 8.18. The zero-order valence-corrected chi connectivity index (χ0v) is 11.2. The van der Waals surface area contributed by atoms with Crippen LogP contribution < -0.4 is 5.56 Å². The number of hydrogen-bond donors (Lipinski definition) is 1. The first-order valence-electron chi connectivity index (χ1n) is 5.65. The number of hydrogen-bond acceptors (Lipinski definition) is 4. The Labute approximate surface area is 108 Å². The molecule has 0 saturated carbocycles. The van der Waals surface area contributed by atoms with Crippen LogP contribution in [0.4, 0.5) is 0 Å². The lowest BCUT2D eigenvalue weighted by Crippen LogP contribution is -2.39. The molecule has 0 aliphatic carbocycles. The molecular formula is C11H15BrN2O3. The summed E-state index contributed by atoms with van der Waals surface area (Å²) >= 11 is 3.14. The summed E-state index contributed by atoms with van der Waals surface area (Å²) in [5.74, 6) is 0.593. The van der Waals surface area contributed by atoms with Gasteiger partial charge in [-0.25, -0.2) is 4.98 Å². The van der Waals surface area contributed by atoms with Gasteiger partial charge in [-0.2, -0.15) is 0 Å². The van der Waals surface area contributed by atoms with E-state index in [0.717, 1.165) is 0 Å². The topological polar surface area (TPSA) is 64.2 Å². The molecule has 2 rings (SSSR count). The summed E-state index contributed by atoms with van der Waals surface area (Å²) < 4.78 is 11.6. The minimum atomic E-state index is -0.507. The van der Waals surface area contributed by atoms with Crippen LogP contribution in [0.15, 0.2) is 15.5 Å². The Kier molecular flexibility index (Phi) is 3.96. The Balaban J connectivity index is 2.37. The van der Waals surface area contributed by atoms with E-state index in [1.165, 1.54) is 6.20 Å². The molecule has 1 aromatic rings. The van der Waals surface area contributed by atoms with Crippen molar-refractivity contribution in [3.05, 3.63) is 26.8 Å². The molecule has 6 heteroatoms. The van der Waals surface area contributed by atoms with Gasteiger partial charge in [-0.15, -0.1) is 0 Å². The number of aromatic nitrogens is 2. The van der Waals surface area contributed by atoms with E-state index in [9.17, 15) is 4.79 Å². The fraction of sp³-hybridized carbons (Fsp3) is 0.636. The van der Waals surface area contributed by atoms with Crippen LogP contribution in [0, 0.1) is 0 Å². The third kappa shape index (κ3) is 2.59. The third-order valence-electron chi connectivity index (χ3n) is 2.91. The van der Waals surface area contributed by atoms with Crippen LogP contribution in [0.25, 0.3) is 0 Å². The van der Waals surface area contributed by atoms with E-state index < -0.39 is 5.60 Å². The van der Waals surface area contributed by atoms with Crippen molar-refractivity contribution < 1.29 is 9.47 Å². The van der Waals surface area contributed by atoms with E-state index in [-0.39, 0.29) is 5.56 Å². The van der Waals surface area contributed by atoms with Crippen LogP contribution in [0.2, 0.25) is 0 Å². The molecule has 1 aliphatic rings. The summed E-state index contributed by atoms with van der Waals surface area (Å²) in [6.07, 6.45) is 2.95. The first-order valence-corrected chi connectivity index (χ1v) is 6.44. The Hall–Kier alpha value is -0.720. The van der Waals surface area contributed by atoms with Gasteiger partial charge in [0.1, 0.15) is 15.9 Å². The number of nitrogens with zero attached hydrogens (tertiary/aromatic N) is 1. The van der Waals surface area contributed by atoms with E-state index in [0.29, 0.717) is 43.0 Å². The Morgan fingerprint density at radius 1 is 1.59 bits per heavy atom. The van der Waals surface area contributed by atoms with Gasteiger partial charge in [0.2, 0.25) is 0 Å². The van der Waals surface area contributed by atoms with Crippen molar-refractivity contribution in [3.63, 3.8) is 0 Å². The molecule has 1 fully saturated rings. The highest BCUT2D eigenvalue weighted by Gasteiger charge is 2.37. The van der Waals surface area contributed by atoms with Crippen LogP contribution in [0.1, 0.15) is 25.6 Å². The van der Waals surface area contributed by atoms with Crippen molar-refractivity contribution in [3.8, 4) is 0 Å². The van der Waals surface area contributed by atoms with Crippen molar-refractivity contribution in [2.45, 2.75) is 25.4 Å².